The average molecular weight is 284 g/mol. The van der Waals surface area contributed by atoms with E-state index in [4.69, 9.17) is 10.00 Å². The lowest BCUT2D eigenvalue weighted by molar-refractivity contribution is 0.289. The Labute approximate surface area is 124 Å². The molecule has 21 heavy (non-hydrogen) atoms. The second-order valence-corrected chi connectivity index (χ2v) is 4.84. The molecule has 108 valence electrons. The first-order valence-electron chi connectivity index (χ1n) is 6.69. The van der Waals surface area contributed by atoms with E-state index in [9.17, 15) is 4.39 Å². The first-order chi connectivity index (χ1) is 10.1. The number of aryl methyl sites for hydroxylation is 1. The molecule has 2 aromatic rings. The Morgan fingerprint density at radius 2 is 2.05 bits per heavy atom. The van der Waals surface area contributed by atoms with Crippen LogP contribution in [0.4, 0.5) is 4.39 Å². The molecular weight excluding hydrogens is 267 g/mol. The lowest BCUT2D eigenvalue weighted by Crippen LogP contribution is -2.06. The van der Waals surface area contributed by atoms with Gasteiger partial charge in [0.2, 0.25) is 0 Å². The third-order valence-electron chi connectivity index (χ3n) is 3.23. The van der Waals surface area contributed by atoms with Crippen LogP contribution in [0.25, 0.3) is 0 Å². The summed E-state index contributed by atoms with van der Waals surface area (Å²) >= 11 is 0. The number of nitrogens with one attached hydrogen (secondary N) is 1. The van der Waals surface area contributed by atoms with E-state index in [1.54, 1.807) is 18.2 Å². The van der Waals surface area contributed by atoms with E-state index in [-0.39, 0.29) is 18.2 Å². The fraction of sp³-hybridized carbons (Fsp3) is 0.235. The molecule has 0 fully saturated rings. The van der Waals surface area contributed by atoms with Crippen LogP contribution in [0, 0.1) is 24.1 Å². The summed E-state index contributed by atoms with van der Waals surface area (Å²) < 4.78 is 19.4. The molecule has 0 aliphatic rings. The third kappa shape index (κ3) is 3.80. The van der Waals surface area contributed by atoms with Gasteiger partial charge in [-0.3, -0.25) is 0 Å². The zero-order valence-electron chi connectivity index (χ0n) is 12.1. The standard InChI is InChI=1S/C17H17FN2O/c1-12-7-13(9-19)3-5-15(12)11-21-17-6-4-14(10-20-2)8-16(17)18/h3-8,20H,10-11H2,1-2H3. The average Bonchev–Trinajstić information content (AvgIpc) is 2.48. The maximum absolute atomic E-state index is 13.9. The van der Waals surface area contributed by atoms with Crippen LogP contribution in [0.15, 0.2) is 36.4 Å². The minimum Gasteiger partial charge on any atom is -0.486 e. The quantitative estimate of drug-likeness (QED) is 0.916. The Kier molecular flexibility index (Phi) is 4.91. The molecular formula is C17H17FN2O. The summed E-state index contributed by atoms with van der Waals surface area (Å²) in [6, 6.07) is 12.4. The van der Waals surface area contributed by atoms with Gasteiger partial charge in [0.1, 0.15) is 6.61 Å². The zero-order valence-corrected chi connectivity index (χ0v) is 12.1. The zero-order chi connectivity index (χ0) is 15.2. The monoisotopic (exact) mass is 284 g/mol. The van der Waals surface area contributed by atoms with Gasteiger partial charge in [0, 0.05) is 6.54 Å². The van der Waals surface area contributed by atoms with Gasteiger partial charge in [0.15, 0.2) is 11.6 Å². The number of ether oxygens (including phenoxy) is 1. The van der Waals surface area contributed by atoms with Crippen LogP contribution in [0.1, 0.15) is 22.3 Å². The Morgan fingerprint density at radius 3 is 2.67 bits per heavy atom. The Hall–Kier alpha value is -2.38. The molecule has 4 heteroatoms. The summed E-state index contributed by atoms with van der Waals surface area (Å²) in [4.78, 5) is 0. The molecule has 0 spiro atoms. The van der Waals surface area contributed by atoms with Crippen molar-refractivity contribution in [1.29, 1.82) is 5.26 Å². The highest BCUT2D eigenvalue weighted by atomic mass is 19.1. The number of hydrogen-bond donors (Lipinski definition) is 1. The molecule has 2 rings (SSSR count). The topological polar surface area (TPSA) is 45.0 Å². The predicted molar refractivity (Wildman–Crippen MR) is 79.4 cm³/mol. The molecule has 0 aromatic heterocycles. The van der Waals surface area contributed by atoms with Crippen molar-refractivity contribution in [3.8, 4) is 11.8 Å². The van der Waals surface area contributed by atoms with Crippen molar-refractivity contribution < 1.29 is 9.13 Å². The lowest BCUT2D eigenvalue weighted by atomic mass is 10.1. The first kappa shape index (κ1) is 15.0. The van der Waals surface area contributed by atoms with Crippen LogP contribution in [0.2, 0.25) is 0 Å². The van der Waals surface area contributed by atoms with Gasteiger partial charge in [0.25, 0.3) is 0 Å². The van der Waals surface area contributed by atoms with Gasteiger partial charge in [-0.1, -0.05) is 12.1 Å². The predicted octanol–water partition coefficient (Wildman–Crippen LogP) is 3.30. The summed E-state index contributed by atoms with van der Waals surface area (Å²) in [5.74, 6) is -0.132. The molecule has 1 N–H and O–H groups in total. The van der Waals surface area contributed by atoms with Crippen LogP contribution < -0.4 is 10.1 Å². The van der Waals surface area contributed by atoms with Gasteiger partial charge in [-0.2, -0.15) is 5.26 Å². The highest BCUT2D eigenvalue weighted by molar-refractivity contribution is 5.37. The molecule has 0 unspecified atom stereocenters. The van der Waals surface area contributed by atoms with E-state index >= 15 is 0 Å². The first-order valence-corrected chi connectivity index (χ1v) is 6.69. The van der Waals surface area contributed by atoms with Crippen LogP contribution >= 0.6 is 0 Å². The fourth-order valence-electron chi connectivity index (χ4n) is 2.06. The van der Waals surface area contributed by atoms with Crippen molar-refractivity contribution in [2.45, 2.75) is 20.1 Å². The van der Waals surface area contributed by atoms with Gasteiger partial charge in [0.05, 0.1) is 11.6 Å². The van der Waals surface area contributed by atoms with Crippen molar-refractivity contribution in [3.05, 3.63) is 64.5 Å². The van der Waals surface area contributed by atoms with Crippen molar-refractivity contribution in [3.63, 3.8) is 0 Å². The second kappa shape index (κ2) is 6.87. The number of rotatable bonds is 5. The van der Waals surface area contributed by atoms with Gasteiger partial charge >= 0.3 is 0 Å². The molecule has 0 amide bonds. The molecule has 2 aromatic carbocycles. The number of hydrogen-bond acceptors (Lipinski definition) is 3. The number of benzene rings is 2. The molecule has 0 bridgehead atoms. The van der Waals surface area contributed by atoms with Gasteiger partial charge < -0.3 is 10.1 Å². The smallest absolute Gasteiger partial charge is 0.165 e. The molecule has 0 saturated carbocycles. The Morgan fingerprint density at radius 1 is 1.24 bits per heavy atom. The summed E-state index contributed by atoms with van der Waals surface area (Å²) in [7, 11) is 1.82. The number of nitriles is 1. The van der Waals surface area contributed by atoms with Crippen molar-refractivity contribution in [1.82, 2.24) is 5.32 Å². The van der Waals surface area contributed by atoms with E-state index < -0.39 is 0 Å². The molecule has 0 aliphatic carbocycles. The van der Waals surface area contributed by atoms with Crippen molar-refractivity contribution >= 4 is 0 Å². The Bertz CT molecular complexity index is 677. The minimum absolute atomic E-state index is 0.235. The van der Waals surface area contributed by atoms with Gasteiger partial charge in [-0.15, -0.1) is 0 Å². The largest absolute Gasteiger partial charge is 0.486 e. The summed E-state index contributed by atoms with van der Waals surface area (Å²) in [5, 5.41) is 11.8. The maximum Gasteiger partial charge on any atom is 0.165 e. The second-order valence-electron chi connectivity index (χ2n) is 4.84. The maximum atomic E-state index is 13.9. The molecule has 0 heterocycles. The van der Waals surface area contributed by atoms with E-state index in [0.29, 0.717) is 12.1 Å². The van der Waals surface area contributed by atoms with Crippen LogP contribution in [-0.2, 0) is 13.2 Å². The highest BCUT2D eigenvalue weighted by Gasteiger charge is 2.06. The normalized spacial score (nSPS) is 10.2. The van der Waals surface area contributed by atoms with Gasteiger partial charge in [-0.25, -0.2) is 4.39 Å². The summed E-state index contributed by atoms with van der Waals surface area (Å²) in [6.07, 6.45) is 0. The van der Waals surface area contributed by atoms with E-state index in [1.807, 2.05) is 26.1 Å². The number of halogens is 1. The number of nitrogens with zero attached hydrogens (tertiary/aromatic N) is 1. The lowest BCUT2D eigenvalue weighted by Gasteiger charge is -2.10. The van der Waals surface area contributed by atoms with E-state index in [0.717, 1.165) is 16.7 Å². The molecule has 0 radical (unpaired) electrons. The third-order valence-corrected chi connectivity index (χ3v) is 3.23. The molecule has 0 saturated heterocycles. The van der Waals surface area contributed by atoms with Crippen LogP contribution in [0.3, 0.4) is 0 Å². The van der Waals surface area contributed by atoms with E-state index in [1.165, 1.54) is 6.07 Å². The summed E-state index contributed by atoms with van der Waals surface area (Å²) in [5.41, 5.74) is 3.38. The minimum atomic E-state index is -0.367. The van der Waals surface area contributed by atoms with Crippen molar-refractivity contribution in [2.24, 2.45) is 0 Å². The van der Waals surface area contributed by atoms with Crippen LogP contribution in [-0.4, -0.2) is 7.05 Å². The SMILES string of the molecule is CNCc1ccc(OCc2ccc(C#N)cc2C)c(F)c1. The summed E-state index contributed by atoms with van der Waals surface area (Å²) in [6.45, 7) is 2.80. The molecule has 0 atom stereocenters. The molecule has 0 aliphatic heterocycles. The fourth-order valence-corrected chi connectivity index (χ4v) is 2.06. The van der Waals surface area contributed by atoms with E-state index in [2.05, 4.69) is 11.4 Å². The Balaban J connectivity index is 2.08. The molecule has 3 nitrogen and oxygen atoms in total. The highest BCUT2D eigenvalue weighted by Crippen LogP contribution is 2.20. The van der Waals surface area contributed by atoms with Gasteiger partial charge in [-0.05, 0) is 54.9 Å². The van der Waals surface area contributed by atoms with Crippen molar-refractivity contribution in [2.75, 3.05) is 7.05 Å². The van der Waals surface area contributed by atoms with Crippen LogP contribution in [0.5, 0.6) is 5.75 Å².